The molecule has 0 aliphatic heterocycles. The molecule has 5 rings (SSSR count). The maximum atomic E-state index is 11.2. The second-order valence-electron chi connectivity index (χ2n) is 7.99. The quantitative estimate of drug-likeness (QED) is 0.305. The molecule has 4 heteroatoms. The highest BCUT2D eigenvalue weighted by Crippen LogP contribution is 2.47. The Bertz CT molecular complexity index is 1390. The third kappa shape index (κ3) is 3.50. The van der Waals surface area contributed by atoms with Gasteiger partial charge in [-0.05, 0) is 51.4 Å². The molecule has 0 aliphatic carbocycles. The van der Waals surface area contributed by atoms with Crippen molar-refractivity contribution >= 4 is 21.5 Å². The molecule has 0 amide bonds. The molecule has 0 heterocycles. The van der Waals surface area contributed by atoms with Crippen LogP contribution in [-0.2, 0) is 0 Å². The fraction of sp³-hybridized carbons (Fsp3) is 0.103. The van der Waals surface area contributed by atoms with Crippen molar-refractivity contribution in [1.82, 2.24) is 0 Å². The maximum absolute atomic E-state index is 11.2. The molecule has 4 nitrogen and oxygen atoms in total. The Labute approximate surface area is 192 Å². The second kappa shape index (κ2) is 8.40. The highest BCUT2D eigenvalue weighted by atomic mass is 16.5. The van der Waals surface area contributed by atoms with Gasteiger partial charge in [0.25, 0.3) is 0 Å². The van der Waals surface area contributed by atoms with E-state index >= 15 is 0 Å². The van der Waals surface area contributed by atoms with Gasteiger partial charge < -0.3 is 19.7 Å². The van der Waals surface area contributed by atoms with Crippen molar-refractivity contribution in [2.75, 3.05) is 14.2 Å². The van der Waals surface area contributed by atoms with E-state index in [9.17, 15) is 10.2 Å². The molecule has 0 aliphatic rings. The number of hydrogen-bond acceptors (Lipinski definition) is 4. The molecule has 0 spiro atoms. The number of phenols is 2. The summed E-state index contributed by atoms with van der Waals surface area (Å²) in [6.45, 7) is 0. The standard InChI is InChI=1S/C29H24O4/c1-32-25-16-13-20(17-26(25)33-2)27(28-21-9-5-3-7-18(21)11-14-23(28)30)29-22-10-6-4-8-19(22)12-15-24(29)31/h3-17,27,30-31H,1-2H3. The Balaban J connectivity index is 1.91. The minimum atomic E-state index is -0.456. The van der Waals surface area contributed by atoms with Crippen LogP contribution in [0, 0.1) is 0 Å². The largest absolute Gasteiger partial charge is 0.508 e. The van der Waals surface area contributed by atoms with Crippen molar-refractivity contribution in [2.24, 2.45) is 0 Å². The molecule has 0 radical (unpaired) electrons. The van der Waals surface area contributed by atoms with Crippen LogP contribution >= 0.6 is 0 Å². The van der Waals surface area contributed by atoms with Crippen LogP contribution in [0.25, 0.3) is 21.5 Å². The Morgan fingerprint density at radius 3 is 1.61 bits per heavy atom. The van der Waals surface area contributed by atoms with Crippen molar-refractivity contribution < 1.29 is 19.7 Å². The van der Waals surface area contributed by atoms with Crippen molar-refractivity contribution in [3.63, 3.8) is 0 Å². The number of fused-ring (bicyclic) bond motifs is 2. The Morgan fingerprint density at radius 1 is 0.576 bits per heavy atom. The van der Waals surface area contributed by atoms with Gasteiger partial charge in [-0.1, -0.05) is 66.7 Å². The van der Waals surface area contributed by atoms with Crippen molar-refractivity contribution in [3.8, 4) is 23.0 Å². The summed E-state index contributed by atoms with van der Waals surface area (Å²) >= 11 is 0. The lowest BCUT2D eigenvalue weighted by molar-refractivity contribution is 0.354. The zero-order valence-corrected chi connectivity index (χ0v) is 18.4. The molecule has 0 unspecified atom stereocenters. The fourth-order valence-corrected chi connectivity index (χ4v) is 4.69. The highest BCUT2D eigenvalue weighted by Gasteiger charge is 2.27. The molecule has 5 aromatic carbocycles. The first-order valence-corrected chi connectivity index (χ1v) is 10.8. The molecule has 33 heavy (non-hydrogen) atoms. The SMILES string of the molecule is COc1ccc(C(c2c(O)ccc3ccccc23)c2c(O)ccc3ccccc23)cc1OC. The smallest absolute Gasteiger partial charge is 0.161 e. The molecule has 0 fully saturated rings. The van der Waals surface area contributed by atoms with Crippen LogP contribution in [0.1, 0.15) is 22.6 Å². The van der Waals surface area contributed by atoms with Crippen LogP contribution in [0.5, 0.6) is 23.0 Å². The molecular formula is C29H24O4. The first kappa shape index (κ1) is 20.7. The number of ether oxygens (including phenoxy) is 2. The monoisotopic (exact) mass is 436 g/mol. The first-order chi connectivity index (χ1) is 16.1. The summed E-state index contributed by atoms with van der Waals surface area (Å²) in [6, 6.07) is 28.9. The molecule has 2 N–H and O–H groups in total. The number of phenolic OH excluding ortho intramolecular Hbond substituents is 2. The predicted molar refractivity (Wildman–Crippen MR) is 132 cm³/mol. The molecular weight excluding hydrogens is 412 g/mol. The Hall–Kier alpha value is -4.18. The normalized spacial score (nSPS) is 11.2. The van der Waals surface area contributed by atoms with Crippen molar-refractivity contribution in [1.29, 1.82) is 0 Å². The third-order valence-corrected chi connectivity index (χ3v) is 6.21. The fourth-order valence-electron chi connectivity index (χ4n) is 4.69. The van der Waals surface area contributed by atoms with E-state index in [1.807, 2.05) is 78.9 Å². The Morgan fingerprint density at radius 2 is 1.09 bits per heavy atom. The second-order valence-corrected chi connectivity index (χ2v) is 7.99. The summed E-state index contributed by atoms with van der Waals surface area (Å²) in [5.74, 6) is 1.08. The molecule has 164 valence electrons. The average Bonchev–Trinajstić information content (AvgIpc) is 2.86. The number of benzene rings is 5. The molecule has 0 saturated heterocycles. The summed E-state index contributed by atoms with van der Waals surface area (Å²) < 4.78 is 11.0. The number of hydrogen-bond donors (Lipinski definition) is 2. The summed E-state index contributed by atoms with van der Waals surface area (Å²) in [6.07, 6.45) is 0. The van der Waals surface area contributed by atoms with Gasteiger partial charge in [-0.2, -0.15) is 0 Å². The minimum absolute atomic E-state index is 0.167. The topological polar surface area (TPSA) is 58.9 Å². The molecule has 0 saturated carbocycles. The lowest BCUT2D eigenvalue weighted by atomic mass is 9.79. The first-order valence-electron chi connectivity index (χ1n) is 10.8. The zero-order chi connectivity index (χ0) is 22.9. The lowest BCUT2D eigenvalue weighted by Crippen LogP contribution is -2.07. The highest BCUT2D eigenvalue weighted by molar-refractivity contribution is 5.93. The van der Waals surface area contributed by atoms with E-state index in [1.54, 1.807) is 26.4 Å². The summed E-state index contributed by atoms with van der Waals surface area (Å²) in [5.41, 5.74) is 2.32. The summed E-state index contributed by atoms with van der Waals surface area (Å²) in [4.78, 5) is 0. The molecule has 0 bridgehead atoms. The van der Waals surface area contributed by atoms with Crippen LogP contribution in [0.4, 0.5) is 0 Å². The van der Waals surface area contributed by atoms with Crippen molar-refractivity contribution in [2.45, 2.75) is 5.92 Å². The van der Waals surface area contributed by atoms with E-state index in [0.29, 0.717) is 11.5 Å². The summed E-state index contributed by atoms with van der Waals surface area (Å²) in [5, 5.41) is 26.2. The van der Waals surface area contributed by atoms with E-state index in [4.69, 9.17) is 9.47 Å². The van der Waals surface area contributed by atoms with Gasteiger partial charge in [0.1, 0.15) is 11.5 Å². The lowest BCUT2D eigenvalue weighted by Gasteiger charge is -2.25. The van der Waals surface area contributed by atoms with Crippen LogP contribution in [-0.4, -0.2) is 24.4 Å². The van der Waals surface area contributed by atoms with Gasteiger partial charge in [0.05, 0.1) is 14.2 Å². The molecule has 0 aromatic heterocycles. The van der Waals surface area contributed by atoms with Gasteiger partial charge in [0, 0.05) is 17.0 Å². The average molecular weight is 437 g/mol. The van der Waals surface area contributed by atoms with Gasteiger partial charge >= 0.3 is 0 Å². The van der Waals surface area contributed by atoms with Crippen LogP contribution in [0.15, 0.2) is 91.0 Å². The van der Waals surface area contributed by atoms with E-state index in [0.717, 1.165) is 38.2 Å². The van der Waals surface area contributed by atoms with Crippen molar-refractivity contribution in [3.05, 3.63) is 108 Å². The van der Waals surface area contributed by atoms with E-state index in [1.165, 1.54) is 0 Å². The van der Waals surface area contributed by atoms with E-state index in [-0.39, 0.29) is 11.5 Å². The van der Waals surface area contributed by atoms with E-state index in [2.05, 4.69) is 0 Å². The molecule has 0 atom stereocenters. The third-order valence-electron chi connectivity index (χ3n) is 6.21. The van der Waals surface area contributed by atoms with Gasteiger partial charge in [-0.25, -0.2) is 0 Å². The van der Waals surface area contributed by atoms with Gasteiger partial charge in [0.2, 0.25) is 0 Å². The Kier molecular flexibility index (Phi) is 5.27. The molecule has 5 aromatic rings. The van der Waals surface area contributed by atoms with Crippen LogP contribution < -0.4 is 9.47 Å². The zero-order valence-electron chi connectivity index (χ0n) is 18.4. The number of aromatic hydroxyl groups is 2. The minimum Gasteiger partial charge on any atom is -0.508 e. The number of methoxy groups -OCH3 is 2. The number of rotatable bonds is 5. The van der Waals surface area contributed by atoms with Gasteiger partial charge in [-0.15, -0.1) is 0 Å². The maximum Gasteiger partial charge on any atom is 0.161 e. The summed E-state index contributed by atoms with van der Waals surface area (Å²) in [7, 11) is 3.20. The van der Waals surface area contributed by atoms with E-state index < -0.39 is 5.92 Å². The van der Waals surface area contributed by atoms with Crippen LogP contribution in [0.3, 0.4) is 0 Å². The van der Waals surface area contributed by atoms with Gasteiger partial charge in [0.15, 0.2) is 11.5 Å². The van der Waals surface area contributed by atoms with Gasteiger partial charge in [-0.3, -0.25) is 0 Å². The predicted octanol–water partition coefficient (Wildman–Crippen LogP) is 6.60. The van der Waals surface area contributed by atoms with Crippen LogP contribution in [0.2, 0.25) is 0 Å².